The third kappa shape index (κ3) is 2.68. The first-order chi connectivity index (χ1) is 8.56. The van der Waals surface area contributed by atoms with Crippen LogP contribution < -0.4 is 10.6 Å². The SMILES string of the molecule is CC(C)NC(=O)C(=O)Nc1ccc2cc[nH]c2c1. The molecule has 2 rings (SSSR count). The van der Waals surface area contributed by atoms with Gasteiger partial charge in [-0.05, 0) is 37.4 Å². The first kappa shape index (κ1) is 12.2. The second kappa shape index (κ2) is 4.91. The molecule has 0 saturated heterocycles. The van der Waals surface area contributed by atoms with Gasteiger partial charge < -0.3 is 15.6 Å². The van der Waals surface area contributed by atoms with E-state index in [1.165, 1.54) is 0 Å². The molecule has 2 aromatic rings. The Bertz CT molecular complexity index is 587. The Morgan fingerprint density at radius 3 is 2.67 bits per heavy atom. The van der Waals surface area contributed by atoms with Crippen LogP contribution in [-0.4, -0.2) is 22.8 Å². The van der Waals surface area contributed by atoms with E-state index in [1.54, 1.807) is 26.0 Å². The van der Waals surface area contributed by atoms with Crippen LogP contribution in [0.15, 0.2) is 30.5 Å². The van der Waals surface area contributed by atoms with Crippen LogP contribution in [0.4, 0.5) is 5.69 Å². The van der Waals surface area contributed by atoms with Gasteiger partial charge in [0.05, 0.1) is 0 Å². The smallest absolute Gasteiger partial charge is 0.313 e. The van der Waals surface area contributed by atoms with E-state index in [0.717, 1.165) is 10.9 Å². The quantitative estimate of drug-likeness (QED) is 0.703. The Morgan fingerprint density at radius 2 is 1.94 bits per heavy atom. The van der Waals surface area contributed by atoms with Gasteiger partial charge in [0.25, 0.3) is 0 Å². The number of carbonyl (C=O) groups is 2. The van der Waals surface area contributed by atoms with Gasteiger partial charge in [-0.3, -0.25) is 9.59 Å². The molecule has 1 aromatic carbocycles. The van der Waals surface area contributed by atoms with Gasteiger partial charge in [-0.1, -0.05) is 6.07 Å². The molecular weight excluding hydrogens is 230 g/mol. The standard InChI is InChI=1S/C13H15N3O2/c1-8(2)15-12(17)13(18)16-10-4-3-9-5-6-14-11(9)7-10/h3-8,14H,1-2H3,(H,15,17)(H,16,18). The number of benzene rings is 1. The van der Waals surface area contributed by atoms with Gasteiger partial charge in [0.15, 0.2) is 0 Å². The van der Waals surface area contributed by atoms with E-state index in [0.29, 0.717) is 5.69 Å². The Hall–Kier alpha value is -2.30. The van der Waals surface area contributed by atoms with Crippen molar-refractivity contribution >= 4 is 28.4 Å². The highest BCUT2D eigenvalue weighted by molar-refractivity contribution is 6.39. The van der Waals surface area contributed by atoms with Crippen molar-refractivity contribution in [2.24, 2.45) is 0 Å². The summed E-state index contributed by atoms with van der Waals surface area (Å²) in [4.78, 5) is 26.1. The highest BCUT2D eigenvalue weighted by atomic mass is 16.2. The zero-order chi connectivity index (χ0) is 13.1. The van der Waals surface area contributed by atoms with Crippen molar-refractivity contribution in [1.29, 1.82) is 0 Å². The number of rotatable bonds is 2. The minimum Gasteiger partial charge on any atom is -0.361 e. The molecule has 0 bridgehead atoms. The largest absolute Gasteiger partial charge is 0.361 e. The number of amides is 2. The van der Waals surface area contributed by atoms with Gasteiger partial charge in [0.1, 0.15) is 0 Å². The summed E-state index contributed by atoms with van der Waals surface area (Å²) in [6, 6.07) is 7.30. The second-order valence-electron chi connectivity index (χ2n) is 4.36. The fourth-order valence-electron chi connectivity index (χ4n) is 1.64. The van der Waals surface area contributed by atoms with Gasteiger partial charge in [-0.2, -0.15) is 0 Å². The van der Waals surface area contributed by atoms with Crippen LogP contribution >= 0.6 is 0 Å². The summed E-state index contributed by atoms with van der Waals surface area (Å²) >= 11 is 0. The van der Waals surface area contributed by atoms with Gasteiger partial charge >= 0.3 is 11.8 Å². The van der Waals surface area contributed by atoms with Crippen LogP contribution in [0.2, 0.25) is 0 Å². The van der Waals surface area contributed by atoms with Crippen LogP contribution in [0.5, 0.6) is 0 Å². The normalized spacial score (nSPS) is 10.6. The molecule has 94 valence electrons. The molecule has 3 N–H and O–H groups in total. The Morgan fingerprint density at radius 1 is 1.17 bits per heavy atom. The zero-order valence-electron chi connectivity index (χ0n) is 10.3. The molecule has 0 spiro atoms. The monoisotopic (exact) mass is 245 g/mol. The van der Waals surface area contributed by atoms with Crippen LogP contribution in [0.1, 0.15) is 13.8 Å². The predicted octanol–water partition coefficient (Wildman–Crippen LogP) is 1.63. The molecular formula is C13H15N3O2. The molecule has 0 aliphatic rings. The van der Waals surface area contributed by atoms with E-state index in [1.807, 2.05) is 18.3 Å². The highest BCUT2D eigenvalue weighted by Crippen LogP contribution is 2.17. The number of anilines is 1. The van der Waals surface area contributed by atoms with Gasteiger partial charge in [-0.25, -0.2) is 0 Å². The van der Waals surface area contributed by atoms with Crippen molar-refractivity contribution in [3.05, 3.63) is 30.5 Å². The van der Waals surface area contributed by atoms with Crippen molar-refractivity contribution < 1.29 is 9.59 Å². The number of nitrogens with one attached hydrogen (secondary N) is 3. The van der Waals surface area contributed by atoms with Crippen LogP contribution in [0, 0.1) is 0 Å². The topological polar surface area (TPSA) is 74.0 Å². The second-order valence-corrected chi connectivity index (χ2v) is 4.36. The van der Waals surface area contributed by atoms with Gasteiger partial charge in [0.2, 0.25) is 0 Å². The molecule has 0 radical (unpaired) electrons. The fraction of sp³-hybridized carbons (Fsp3) is 0.231. The summed E-state index contributed by atoms with van der Waals surface area (Å²) < 4.78 is 0. The third-order valence-corrected chi connectivity index (χ3v) is 2.44. The zero-order valence-corrected chi connectivity index (χ0v) is 10.3. The molecule has 2 amide bonds. The minimum absolute atomic E-state index is 0.0610. The molecule has 0 fully saturated rings. The van der Waals surface area contributed by atoms with Crippen LogP contribution in [0.3, 0.4) is 0 Å². The Balaban J connectivity index is 2.08. The maximum atomic E-state index is 11.6. The summed E-state index contributed by atoms with van der Waals surface area (Å²) in [6.07, 6.45) is 1.82. The van der Waals surface area contributed by atoms with E-state index >= 15 is 0 Å². The molecule has 1 aromatic heterocycles. The van der Waals surface area contributed by atoms with Crippen molar-refractivity contribution in [3.8, 4) is 0 Å². The van der Waals surface area contributed by atoms with Crippen LogP contribution in [0.25, 0.3) is 10.9 Å². The molecule has 5 heteroatoms. The molecule has 0 aliphatic carbocycles. The number of hydrogen-bond donors (Lipinski definition) is 3. The number of aromatic amines is 1. The van der Waals surface area contributed by atoms with E-state index in [2.05, 4.69) is 15.6 Å². The average Bonchev–Trinajstić information content (AvgIpc) is 2.75. The molecule has 1 heterocycles. The van der Waals surface area contributed by atoms with E-state index < -0.39 is 11.8 Å². The van der Waals surface area contributed by atoms with Crippen molar-refractivity contribution in [3.63, 3.8) is 0 Å². The summed E-state index contributed by atoms with van der Waals surface area (Å²) in [5.41, 5.74) is 1.51. The lowest BCUT2D eigenvalue weighted by molar-refractivity contribution is -0.136. The maximum absolute atomic E-state index is 11.6. The Labute approximate surface area is 105 Å². The molecule has 18 heavy (non-hydrogen) atoms. The third-order valence-electron chi connectivity index (χ3n) is 2.44. The first-order valence-electron chi connectivity index (χ1n) is 5.75. The number of aromatic nitrogens is 1. The number of H-pyrrole nitrogens is 1. The van der Waals surface area contributed by atoms with Crippen molar-refractivity contribution in [1.82, 2.24) is 10.3 Å². The lowest BCUT2D eigenvalue weighted by Crippen LogP contribution is -2.39. The summed E-state index contributed by atoms with van der Waals surface area (Å²) in [7, 11) is 0. The minimum atomic E-state index is -0.658. The van der Waals surface area contributed by atoms with Gasteiger partial charge in [0, 0.05) is 23.4 Å². The molecule has 0 atom stereocenters. The van der Waals surface area contributed by atoms with Crippen molar-refractivity contribution in [2.45, 2.75) is 19.9 Å². The molecule has 0 saturated carbocycles. The lowest BCUT2D eigenvalue weighted by Gasteiger charge is -2.08. The highest BCUT2D eigenvalue weighted by Gasteiger charge is 2.14. The number of fused-ring (bicyclic) bond motifs is 1. The molecule has 0 unspecified atom stereocenters. The van der Waals surface area contributed by atoms with E-state index in [9.17, 15) is 9.59 Å². The average molecular weight is 245 g/mol. The molecule has 0 aliphatic heterocycles. The van der Waals surface area contributed by atoms with E-state index in [-0.39, 0.29) is 6.04 Å². The number of carbonyl (C=O) groups excluding carboxylic acids is 2. The van der Waals surface area contributed by atoms with Crippen molar-refractivity contribution in [2.75, 3.05) is 5.32 Å². The summed E-state index contributed by atoms with van der Waals surface area (Å²) in [5, 5.41) is 6.15. The first-order valence-corrected chi connectivity index (χ1v) is 5.75. The summed E-state index contributed by atoms with van der Waals surface area (Å²) in [6.45, 7) is 3.60. The van der Waals surface area contributed by atoms with Crippen LogP contribution in [-0.2, 0) is 9.59 Å². The van der Waals surface area contributed by atoms with E-state index in [4.69, 9.17) is 0 Å². The number of hydrogen-bond acceptors (Lipinski definition) is 2. The predicted molar refractivity (Wildman–Crippen MR) is 70.2 cm³/mol. The lowest BCUT2D eigenvalue weighted by atomic mass is 10.2. The molecule has 5 nitrogen and oxygen atoms in total. The maximum Gasteiger partial charge on any atom is 0.313 e. The fourth-order valence-corrected chi connectivity index (χ4v) is 1.64. The van der Waals surface area contributed by atoms with Gasteiger partial charge in [-0.15, -0.1) is 0 Å². The summed E-state index contributed by atoms with van der Waals surface area (Å²) in [5.74, 6) is -1.29. The Kier molecular flexibility index (Phi) is 3.32.